The van der Waals surface area contributed by atoms with E-state index >= 15 is 0 Å². The van der Waals surface area contributed by atoms with E-state index in [0.717, 1.165) is 0 Å². The molecule has 0 bridgehead atoms. The summed E-state index contributed by atoms with van der Waals surface area (Å²) in [5.74, 6) is -18.2. The van der Waals surface area contributed by atoms with Gasteiger partial charge in [0.05, 0.1) is 11.1 Å². The van der Waals surface area contributed by atoms with Crippen LogP contribution in [-0.4, -0.2) is 35.5 Å². The number of anilines is 2. The first-order valence-corrected chi connectivity index (χ1v) is 10.3. The molecule has 4 amide bonds. The summed E-state index contributed by atoms with van der Waals surface area (Å²) in [5, 5.41) is 2.22. The van der Waals surface area contributed by atoms with E-state index in [-0.39, 0.29) is 22.3 Å². The van der Waals surface area contributed by atoms with Crippen LogP contribution < -0.4 is 22.1 Å². The average Bonchev–Trinajstić information content (AvgIpc) is 3.09. The predicted molar refractivity (Wildman–Crippen MR) is 112 cm³/mol. The molecule has 2 rings (SSSR count). The van der Waals surface area contributed by atoms with Crippen LogP contribution in [0.25, 0.3) is 0 Å². The van der Waals surface area contributed by atoms with Crippen molar-refractivity contribution < 1.29 is 36.7 Å². The maximum atomic E-state index is 14.4. The molecular weight excluding hydrogens is 476 g/mol. The van der Waals surface area contributed by atoms with Gasteiger partial charge in [0, 0.05) is 9.75 Å². The first-order valence-electron chi connectivity index (χ1n) is 8.72. The quantitative estimate of drug-likeness (QED) is 0.439. The molecule has 0 saturated carbocycles. The lowest BCUT2D eigenvalue weighted by Crippen LogP contribution is -2.56. The van der Waals surface area contributed by atoms with Crippen molar-refractivity contribution in [3.63, 3.8) is 0 Å². The van der Waals surface area contributed by atoms with Crippen molar-refractivity contribution in [2.45, 2.75) is 39.5 Å². The number of nitrogens with two attached hydrogens (primary N) is 2. The maximum absolute atomic E-state index is 14.4. The van der Waals surface area contributed by atoms with Gasteiger partial charge in [0.1, 0.15) is 10.0 Å². The Labute approximate surface area is 187 Å². The monoisotopic (exact) mass is 494 g/mol. The lowest BCUT2D eigenvalue weighted by molar-refractivity contribution is -0.204. The second-order valence-corrected chi connectivity index (χ2v) is 9.21. The zero-order valence-electron chi connectivity index (χ0n) is 17.1. The normalized spacial score (nSPS) is 11.9. The molecule has 0 spiro atoms. The van der Waals surface area contributed by atoms with Crippen molar-refractivity contribution in [2.24, 2.45) is 11.5 Å². The highest BCUT2D eigenvalue weighted by atomic mass is 32.1. The Morgan fingerprint density at radius 2 is 0.969 bits per heavy atom. The summed E-state index contributed by atoms with van der Waals surface area (Å²) in [5.41, 5.74) is 10.3. The Kier molecular flexibility index (Phi) is 6.71. The third-order valence-corrected chi connectivity index (χ3v) is 6.93. The Bertz CT molecular complexity index is 1050. The first kappa shape index (κ1) is 25.3. The highest BCUT2D eigenvalue weighted by Gasteiger charge is 2.67. The van der Waals surface area contributed by atoms with Gasteiger partial charge in [-0.1, -0.05) is 0 Å². The first-order chi connectivity index (χ1) is 14.5. The van der Waals surface area contributed by atoms with Gasteiger partial charge in [-0.25, -0.2) is 0 Å². The van der Waals surface area contributed by atoms with Crippen LogP contribution in [-0.2, 0) is 9.59 Å². The zero-order chi connectivity index (χ0) is 24.8. The molecule has 0 aromatic carbocycles. The molecule has 0 atom stereocenters. The van der Waals surface area contributed by atoms with Crippen LogP contribution in [0.4, 0.5) is 27.6 Å². The van der Waals surface area contributed by atoms with E-state index in [1.54, 1.807) is 10.6 Å². The van der Waals surface area contributed by atoms with Crippen molar-refractivity contribution in [3.8, 4) is 0 Å². The number of amides is 4. The van der Waals surface area contributed by atoms with Crippen LogP contribution in [0.3, 0.4) is 0 Å². The average molecular weight is 494 g/mol. The molecule has 0 aliphatic carbocycles. The Morgan fingerprint density at radius 3 is 1.22 bits per heavy atom. The predicted octanol–water partition coefficient (Wildman–Crippen LogP) is 3.09. The van der Waals surface area contributed by atoms with Crippen molar-refractivity contribution in [1.82, 2.24) is 0 Å². The molecule has 2 aromatic heterocycles. The van der Waals surface area contributed by atoms with E-state index in [4.69, 9.17) is 11.5 Å². The summed E-state index contributed by atoms with van der Waals surface area (Å²) in [6, 6.07) is 0. The molecule has 0 saturated heterocycles. The zero-order valence-corrected chi connectivity index (χ0v) is 18.7. The Hall–Kier alpha value is -3.00. The minimum Gasteiger partial charge on any atom is -0.365 e. The number of nitrogens with one attached hydrogen (secondary N) is 2. The molecule has 2 heterocycles. The molecule has 0 aliphatic heterocycles. The maximum Gasteiger partial charge on any atom is 0.396 e. The number of rotatable bonds is 7. The lowest BCUT2D eigenvalue weighted by Gasteiger charge is -2.24. The molecule has 0 unspecified atom stereocenters. The molecule has 14 heteroatoms. The second-order valence-electron chi connectivity index (χ2n) is 6.76. The number of hydrogen-bond donors (Lipinski definition) is 4. The van der Waals surface area contributed by atoms with E-state index in [1.807, 2.05) is 0 Å². The van der Waals surface area contributed by atoms with E-state index in [0.29, 0.717) is 32.4 Å². The molecular formula is C18H18F4N4O4S2. The number of thiophene rings is 2. The number of primary amides is 2. The minimum absolute atomic E-state index is 0.285. The van der Waals surface area contributed by atoms with E-state index in [2.05, 4.69) is 0 Å². The van der Waals surface area contributed by atoms with Crippen LogP contribution in [0.1, 0.15) is 41.6 Å². The third kappa shape index (κ3) is 4.19. The number of carbonyl (C=O) groups is 4. The van der Waals surface area contributed by atoms with Crippen molar-refractivity contribution >= 4 is 56.3 Å². The third-order valence-electron chi connectivity index (χ3n) is 4.68. The van der Waals surface area contributed by atoms with Crippen molar-refractivity contribution in [3.05, 3.63) is 32.0 Å². The molecule has 8 nitrogen and oxygen atoms in total. The number of aryl methyl sites for hydroxylation is 2. The summed E-state index contributed by atoms with van der Waals surface area (Å²) < 4.78 is 57.6. The summed E-state index contributed by atoms with van der Waals surface area (Å²) in [7, 11) is 0. The van der Waals surface area contributed by atoms with Gasteiger partial charge in [-0.15, -0.1) is 22.7 Å². The number of alkyl halides is 4. The topological polar surface area (TPSA) is 144 Å². The van der Waals surface area contributed by atoms with Crippen LogP contribution in [0, 0.1) is 27.7 Å². The van der Waals surface area contributed by atoms with Crippen LogP contribution in [0.15, 0.2) is 0 Å². The SMILES string of the molecule is Cc1sc(NC(=O)C(F)(F)C(F)(F)C(=O)Nc2sc(C)c(C)c2C(N)=O)c(C(N)=O)c1C. The Morgan fingerprint density at radius 1 is 0.688 bits per heavy atom. The van der Waals surface area contributed by atoms with Gasteiger partial charge in [-0.2, -0.15) is 17.6 Å². The van der Waals surface area contributed by atoms with Gasteiger partial charge in [0.25, 0.3) is 11.8 Å². The van der Waals surface area contributed by atoms with E-state index in [1.165, 1.54) is 27.7 Å². The summed E-state index contributed by atoms with van der Waals surface area (Å²) in [6.07, 6.45) is 0. The van der Waals surface area contributed by atoms with Crippen LogP contribution in [0.2, 0.25) is 0 Å². The van der Waals surface area contributed by atoms with Crippen molar-refractivity contribution in [2.75, 3.05) is 10.6 Å². The molecule has 2 aromatic rings. The van der Waals surface area contributed by atoms with Crippen molar-refractivity contribution in [1.29, 1.82) is 0 Å². The Balaban J connectivity index is 2.35. The largest absolute Gasteiger partial charge is 0.396 e. The molecule has 0 fully saturated rings. The standard InChI is InChI=1S/C18H18F4N4O4S2/c1-5-7(3)31-13(9(5)11(23)27)25-15(29)17(19,20)18(21,22)16(30)26-14-10(12(24)28)6(2)8(4)32-14/h1-4H3,(H2,23,27)(H2,24,28)(H,25,29)(H,26,30). The van der Waals surface area contributed by atoms with Gasteiger partial charge in [0.15, 0.2) is 0 Å². The molecule has 32 heavy (non-hydrogen) atoms. The number of hydrogen-bond acceptors (Lipinski definition) is 6. The van der Waals surface area contributed by atoms with Gasteiger partial charge in [0.2, 0.25) is 0 Å². The highest BCUT2D eigenvalue weighted by Crippen LogP contribution is 2.40. The fourth-order valence-corrected chi connectivity index (χ4v) is 4.79. The van der Waals surface area contributed by atoms with Crippen LogP contribution >= 0.6 is 22.7 Å². The molecule has 174 valence electrons. The van der Waals surface area contributed by atoms with Gasteiger partial charge in [-0.05, 0) is 38.8 Å². The van der Waals surface area contributed by atoms with E-state index < -0.39 is 45.5 Å². The summed E-state index contributed by atoms with van der Waals surface area (Å²) in [4.78, 5) is 48.0. The lowest BCUT2D eigenvalue weighted by atomic mass is 10.1. The molecule has 6 N–H and O–H groups in total. The second kappa shape index (κ2) is 8.50. The highest BCUT2D eigenvalue weighted by molar-refractivity contribution is 7.17. The molecule has 0 aliphatic rings. The smallest absolute Gasteiger partial charge is 0.365 e. The fraction of sp³-hybridized carbons (Fsp3) is 0.333. The number of carbonyl (C=O) groups excluding carboxylic acids is 4. The van der Waals surface area contributed by atoms with Gasteiger partial charge in [-0.3, -0.25) is 19.2 Å². The van der Waals surface area contributed by atoms with Crippen LogP contribution in [0.5, 0.6) is 0 Å². The fourth-order valence-electron chi connectivity index (χ4n) is 2.67. The summed E-state index contributed by atoms with van der Waals surface area (Å²) >= 11 is 1.37. The minimum atomic E-state index is -5.52. The summed E-state index contributed by atoms with van der Waals surface area (Å²) in [6.45, 7) is 5.87. The van der Waals surface area contributed by atoms with E-state index in [9.17, 15) is 36.7 Å². The molecule has 0 radical (unpaired) electrons. The number of halogens is 4. The van der Waals surface area contributed by atoms with Gasteiger partial charge < -0.3 is 22.1 Å². The van der Waals surface area contributed by atoms with Gasteiger partial charge >= 0.3 is 23.7 Å².